The van der Waals surface area contributed by atoms with E-state index >= 15 is 0 Å². The van der Waals surface area contributed by atoms with E-state index in [2.05, 4.69) is 73.2 Å². The van der Waals surface area contributed by atoms with E-state index in [-0.39, 0.29) is 0 Å². The van der Waals surface area contributed by atoms with Gasteiger partial charge in [0.25, 0.3) is 0 Å². The van der Waals surface area contributed by atoms with E-state index in [1.54, 1.807) is 12.1 Å². The molecular formula is C36H38N4O2. The number of hydrogen-bond donors (Lipinski definition) is 0. The number of rotatable bonds is 16. The van der Waals surface area contributed by atoms with E-state index in [9.17, 15) is 10.5 Å². The van der Waals surface area contributed by atoms with Gasteiger partial charge in [-0.25, -0.2) is 0 Å². The van der Waals surface area contributed by atoms with Crippen LogP contribution in [0.15, 0.2) is 86.3 Å². The average molecular weight is 559 g/mol. The zero-order chi connectivity index (χ0) is 30.2. The van der Waals surface area contributed by atoms with Crippen LogP contribution in [0, 0.1) is 22.7 Å². The standard InChI is InChI=1S/C36H38N4O2/c1-5-39(21-23-41-7-3)35-17-11-29(12-18-35)9-15-31-25-34(28-38)32(26-33(31)27-37)16-10-30-13-19-36(20-14-30)40(6-2)22-24-42-8-4/h7-20,25-26H,3-6,21-24H2,1-2H3. The molecule has 3 aromatic carbocycles. The molecule has 0 spiro atoms. The molecule has 0 saturated heterocycles. The van der Waals surface area contributed by atoms with Crippen LogP contribution in [0.2, 0.25) is 0 Å². The van der Waals surface area contributed by atoms with Crippen LogP contribution in [0.25, 0.3) is 24.3 Å². The van der Waals surface area contributed by atoms with E-state index in [1.165, 1.54) is 12.5 Å². The predicted molar refractivity (Wildman–Crippen MR) is 175 cm³/mol. The van der Waals surface area contributed by atoms with Crippen molar-refractivity contribution in [1.82, 2.24) is 0 Å². The molecule has 0 aliphatic carbocycles. The number of nitrogens with zero attached hydrogens (tertiary/aromatic N) is 4. The maximum atomic E-state index is 9.85. The summed E-state index contributed by atoms with van der Waals surface area (Å²) in [5.41, 5.74) is 6.65. The molecule has 6 nitrogen and oxygen atoms in total. The summed E-state index contributed by atoms with van der Waals surface area (Å²) < 4.78 is 10.5. The molecule has 0 saturated carbocycles. The summed E-state index contributed by atoms with van der Waals surface area (Å²) in [7, 11) is 0. The lowest BCUT2D eigenvalue weighted by atomic mass is 9.97. The molecule has 0 aromatic heterocycles. The Bertz CT molecular complexity index is 1350. The second kappa shape index (κ2) is 16.8. The molecule has 0 fully saturated rings. The van der Waals surface area contributed by atoms with Crippen LogP contribution in [0.3, 0.4) is 0 Å². The van der Waals surface area contributed by atoms with Crippen LogP contribution >= 0.6 is 0 Å². The van der Waals surface area contributed by atoms with Crippen molar-refractivity contribution >= 4 is 35.7 Å². The molecule has 0 amide bonds. The van der Waals surface area contributed by atoms with Crippen LogP contribution in [0.1, 0.15) is 47.2 Å². The fourth-order valence-electron chi connectivity index (χ4n) is 4.50. The fourth-order valence-corrected chi connectivity index (χ4v) is 4.50. The number of ether oxygens (including phenoxy) is 2. The third-order valence-electron chi connectivity index (χ3n) is 6.85. The summed E-state index contributed by atoms with van der Waals surface area (Å²) in [5.74, 6) is 0. The summed E-state index contributed by atoms with van der Waals surface area (Å²) >= 11 is 0. The second-order valence-corrected chi connectivity index (χ2v) is 9.33. The van der Waals surface area contributed by atoms with Crippen LogP contribution in [0.5, 0.6) is 0 Å². The Morgan fingerprint density at radius 3 is 1.33 bits per heavy atom. The number of benzene rings is 3. The third-order valence-corrected chi connectivity index (χ3v) is 6.85. The van der Waals surface area contributed by atoms with Gasteiger partial charge in [-0.2, -0.15) is 10.5 Å². The molecule has 0 atom stereocenters. The molecule has 0 heterocycles. The lowest BCUT2D eigenvalue weighted by Gasteiger charge is -2.22. The van der Waals surface area contributed by atoms with Gasteiger partial charge in [-0.15, -0.1) is 0 Å². The minimum absolute atomic E-state index is 0.511. The third kappa shape index (κ3) is 8.91. The van der Waals surface area contributed by atoms with Crippen molar-refractivity contribution in [3.8, 4) is 12.1 Å². The number of hydrogen-bond acceptors (Lipinski definition) is 6. The SMILES string of the molecule is C=COCCN(CC)c1ccc(C=Cc2cc(C#N)c(C=Cc3ccc(N(CC)CCOC=C)cc3)cc2C#N)cc1. The van der Waals surface area contributed by atoms with E-state index in [0.29, 0.717) is 35.5 Å². The first-order chi connectivity index (χ1) is 20.6. The summed E-state index contributed by atoms with van der Waals surface area (Å²) in [5, 5.41) is 19.7. The first kappa shape index (κ1) is 31.3. The molecule has 3 rings (SSSR count). The van der Waals surface area contributed by atoms with Gasteiger partial charge in [0.1, 0.15) is 13.2 Å². The Balaban J connectivity index is 1.75. The molecule has 0 aliphatic rings. The Labute approximate surface area is 250 Å². The monoisotopic (exact) mass is 558 g/mol. The lowest BCUT2D eigenvalue weighted by Crippen LogP contribution is -2.26. The van der Waals surface area contributed by atoms with Crippen molar-refractivity contribution in [1.29, 1.82) is 10.5 Å². The molecule has 0 aliphatic heterocycles. The lowest BCUT2D eigenvalue weighted by molar-refractivity contribution is 0.258. The first-order valence-electron chi connectivity index (χ1n) is 14.1. The van der Waals surface area contributed by atoms with E-state index in [0.717, 1.165) is 48.7 Å². The van der Waals surface area contributed by atoms with Crippen molar-refractivity contribution in [2.75, 3.05) is 49.2 Å². The molecule has 6 heteroatoms. The molecule has 0 radical (unpaired) electrons. The largest absolute Gasteiger partial charge is 0.500 e. The molecule has 0 N–H and O–H groups in total. The second-order valence-electron chi connectivity index (χ2n) is 9.33. The highest BCUT2D eigenvalue weighted by atomic mass is 16.5. The Kier molecular flexibility index (Phi) is 12.5. The van der Waals surface area contributed by atoms with Crippen molar-refractivity contribution in [2.45, 2.75) is 13.8 Å². The Morgan fingerprint density at radius 2 is 1.02 bits per heavy atom. The molecule has 0 unspecified atom stereocenters. The highest BCUT2D eigenvalue weighted by Crippen LogP contribution is 2.23. The van der Waals surface area contributed by atoms with E-state index in [4.69, 9.17) is 9.47 Å². The smallest absolute Gasteiger partial charge is 0.105 e. The molecular weight excluding hydrogens is 520 g/mol. The zero-order valence-corrected chi connectivity index (χ0v) is 24.5. The summed E-state index contributed by atoms with van der Waals surface area (Å²) in [6.07, 6.45) is 10.6. The summed E-state index contributed by atoms with van der Waals surface area (Å²) in [6, 6.07) is 24.5. The van der Waals surface area contributed by atoms with Gasteiger partial charge in [0.2, 0.25) is 0 Å². The summed E-state index contributed by atoms with van der Waals surface area (Å²) in [6.45, 7) is 15.8. The van der Waals surface area contributed by atoms with Gasteiger partial charge in [-0.1, -0.05) is 61.7 Å². The van der Waals surface area contributed by atoms with Crippen molar-refractivity contribution < 1.29 is 9.47 Å². The van der Waals surface area contributed by atoms with Crippen LogP contribution in [-0.2, 0) is 9.47 Å². The van der Waals surface area contributed by atoms with Gasteiger partial charge in [0.15, 0.2) is 0 Å². The highest BCUT2D eigenvalue weighted by Gasteiger charge is 2.08. The number of likely N-dealkylation sites (N-methyl/N-ethyl adjacent to an activating group) is 2. The van der Waals surface area contributed by atoms with Crippen LogP contribution < -0.4 is 9.80 Å². The number of anilines is 2. The molecule has 214 valence electrons. The van der Waals surface area contributed by atoms with Crippen LogP contribution in [-0.4, -0.2) is 39.4 Å². The average Bonchev–Trinajstić information content (AvgIpc) is 3.03. The Hall–Kier alpha value is -5.20. The quantitative estimate of drug-likeness (QED) is 0.102. The molecule has 3 aromatic rings. The highest BCUT2D eigenvalue weighted by molar-refractivity contribution is 5.79. The maximum absolute atomic E-state index is 9.85. The maximum Gasteiger partial charge on any atom is 0.105 e. The predicted octanol–water partition coefficient (Wildman–Crippen LogP) is 7.74. The molecule has 42 heavy (non-hydrogen) atoms. The zero-order valence-electron chi connectivity index (χ0n) is 24.5. The van der Waals surface area contributed by atoms with Gasteiger partial charge in [0, 0.05) is 24.5 Å². The fraction of sp³-hybridized carbons (Fsp3) is 0.222. The van der Waals surface area contributed by atoms with Gasteiger partial charge in [-0.3, -0.25) is 0 Å². The number of nitriles is 2. The van der Waals surface area contributed by atoms with Crippen LogP contribution in [0.4, 0.5) is 11.4 Å². The van der Waals surface area contributed by atoms with Crippen molar-refractivity contribution in [2.24, 2.45) is 0 Å². The van der Waals surface area contributed by atoms with Gasteiger partial charge in [-0.05, 0) is 72.5 Å². The normalized spacial score (nSPS) is 10.7. The van der Waals surface area contributed by atoms with E-state index in [1.807, 2.05) is 48.6 Å². The topological polar surface area (TPSA) is 72.5 Å². The van der Waals surface area contributed by atoms with Crippen molar-refractivity contribution in [3.63, 3.8) is 0 Å². The summed E-state index contributed by atoms with van der Waals surface area (Å²) in [4.78, 5) is 4.46. The minimum atomic E-state index is 0.511. The van der Waals surface area contributed by atoms with Crippen molar-refractivity contribution in [3.05, 3.63) is 120 Å². The minimum Gasteiger partial charge on any atom is -0.500 e. The Morgan fingerprint density at radius 1 is 0.643 bits per heavy atom. The van der Waals surface area contributed by atoms with Gasteiger partial charge in [0.05, 0.1) is 48.9 Å². The molecule has 0 bridgehead atoms. The van der Waals surface area contributed by atoms with Gasteiger partial charge >= 0.3 is 0 Å². The van der Waals surface area contributed by atoms with Gasteiger partial charge < -0.3 is 19.3 Å². The first-order valence-corrected chi connectivity index (χ1v) is 14.1. The van der Waals surface area contributed by atoms with E-state index < -0.39 is 0 Å².